The highest BCUT2D eigenvalue weighted by molar-refractivity contribution is 6.68. The highest BCUT2D eigenvalue weighted by atomic mass is 35.5. The molecule has 0 unspecified atom stereocenters. The molecule has 0 spiro atoms. The van der Waals surface area contributed by atoms with Crippen LogP contribution in [0.15, 0.2) is 42.5 Å². The molecule has 86 valence electrons. The molecule has 17 heavy (non-hydrogen) atoms. The van der Waals surface area contributed by atoms with Crippen LogP contribution in [0, 0.1) is 13.8 Å². The summed E-state index contributed by atoms with van der Waals surface area (Å²) in [5.41, 5.74) is 3.90. The molecule has 2 aromatic rings. The first-order chi connectivity index (χ1) is 8.19. The predicted molar refractivity (Wildman–Crippen MR) is 76.9 cm³/mol. The molecule has 0 aliphatic heterocycles. The van der Waals surface area contributed by atoms with Crippen molar-refractivity contribution in [1.82, 2.24) is 0 Å². The van der Waals surface area contributed by atoms with Gasteiger partial charge in [-0.2, -0.15) is 0 Å². The quantitative estimate of drug-likeness (QED) is 0.587. The zero-order valence-corrected chi connectivity index (χ0v) is 11.9. The molecule has 2 aromatic carbocycles. The maximum Gasteiger partial charge on any atom is 0.121 e. The van der Waals surface area contributed by atoms with Gasteiger partial charge in [-0.15, -0.1) is 11.6 Å². The summed E-state index contributed by atoms with van der Waals surface area (Å²) in [6, 6.07) is 15.1. The van der Waals surface area contributed by atoms with Crippen LogP contribution in [-0.4, -0.2) is 9.52 Å². The van der Waals surface area contributed by atoms with E-state index in [0.717, 1.165) is 0 Å². The monoisotopic (exact) mass is 258 g/mol. The van der Waals surface area contributed by atoms with Crippen LogP contribution in [0.5, 0.6) is 0 Å². The summed E-state index contributed by atoms with van der Waals surface area (Å²) in [7, 11) is 0.691. The zero-order chi connectivity index (χ0) is 12.3. The molecule has 0 fully saturated rings. The first-order valence-corrected chi connectivity index (χ1v) is 7.21. The third kappa shape index (κ3) is 3.21. The van der Waals surface area contributed by atoms with Gasteiger partial charge in [-0.1, -0.05) is 64.0 Å². The highest BCUT2D eigenvalue weighted by Gasteiger charge is 2.04. The Bertz CT molecular complexity index is 500. The van der Waals surface area contributed by atoms with Crippen molar-refractivity contribution in [3.05, 3.63) is 59.2 Å². The van der Waals surface area contributed by atoms with Crippen LogP contribution in [-0.2, 0) is 5.88 Å². The molecule has 0 aromatic heterocycles. The largest absolute Gasteiger partial charge is 0.122 e. The van der Waals surface area contributed by atoms with Gasteiger partial charge < -0.3 is 0 Å². The smallest absolute Gasteiger partial charge is 0.121 e. The van der Waals surface area contributed by atoms with Crippen molar-refractivity contribution in [2.75, 3.05) is 0 Å². The molecule has 0 aliphatic carbocycles. The summed E-state index contributed by atoms with van der Waals surface area (Å²) < 4.78 is 0. The summed E-state index contributed by atoms with van der Waals surface area (Å²) in [6.45, 7) is 4.29. The molecule has 0 aliphatic rings. The van der Waals surface area contributed by atoms with E-state index in [1.54, 1.807) is 0 Å². The molecule has 2 heteroatoms. The lowest BCUT2D eigenvalue weighted by molar-refractivity contribution is 1.40. The van der Waals surface area contributed by atoms with Gasteiger partial charge in [0.25, 0.3) is 0 Å². The average Bonchev–Trinajstić information content (AvgIpc) is 2.28. The van der Waals surface area contributed by atoms with Crippen molar-refractivity contribution in [3.8, 4) is 0 Å². The fourth-order valence-electron chi connectivity index (χ4n) is 1.96. The van der Waals surface area contributed by atoms with E-state index in [4.69, 9.17) is 11.6 Å². The van der Waals surface area contributed by atoms with E-state index in [9.17, 15) is 0 Å². The first-order valence-electron chi connectivity index (χ1n) is 5.68. The van der Waals surface area contributed by atoms with Gasteiger partial charge in [0.05, 0.1) is 0 Å². The van der Waals surface area contributed by atoms with Crippen molar-refractivity contribution in [3.63, 3.8) is 0 Å². The van der Waals surface area contributed by atoms with Gasteiger partial charge in [-0.3, -0.25) is 0 Å². The van der Waals surface area contributed by atoms with Gasteiger partial charge in [0.2, 0.25) is 0 Å². The standard InChI is InChI=1S/C15H15ClSi/c1-11-7-12(2)9-14(8-11)17-15-6-4-3-5-13(15)10-16/h3-9H,10H2,1-2H3. The van der Waals surface area contributed by atoms with Crippen LogP contribution in [0.2, 0.25) is 0 Å². The average molecular weight is 259 g/mol. The van der Waals surface area contributed by atoms with E-state index < -0.39 is 0 Å². The molecule has 2 rings (SSSR count). The zero-order valence-electron chi connectivity index (χ0n) is 10.1. The molecule has 0 saturated heterocycles. The summed E-state index contributed by atoms with van der Waals surface area (Å²) in [5, 5.41) is 2.74. The minimum atomic E-state index is 0.591. The second-order valence-electron chi connectivity index (χ2n) is 4.29. The van der Waals surface area contributed by atoms with Gasteiger partial charge in [-0.05, 0) is 19.4 Å². The van der Waals surface area contributed by atoms with Crippen molar-refractivity contribution >= 4 is 31.5 Å². The van der Waals surface area contributed by atoms with E-state index >= 15 is 0 Å². The Morgan fingerprint density at radius 3 is 2.29 bits per heavy atom. The fourth-order valence-corrected chi connectivity index (χ4v) is 3.73. The fraction of sp³-hybridized carbons (Fsp3) is 0.200. The first kappa shape index (κ1) is 12.4. The number of aryl methyl sites for hydroxylation is 2. The van der Waals surface area contributed by atoms with Crippen molar-refractivity contribution in [2.24, 2.45) is 0 Å². The van der Waals surface area contributed by atoms with Crippen LogP contribution in [0.25, 0.3) is 0 Å². The third-order valence-corrected chi connectivity index (χ3v) is 4.28. The number of halogens is 1. The van der Waals surface area contributed by atoms with Crippen LogP contribution >= 0.6 is 11.6 Å². The van der Waals surface area contributed by atoms with Crippen molar-refractivity contribution in [2.45, 2.75) is 19.7 Å². The minimum absolute atomic E-state index is 0.591. The van der Waals surface area contributed by atoms with Gasteiger partial charge in [0, 0.05) is 5.88 Å². The molecule has 0 N–H and O–H groups in total. The minimum Gasteiger partial charge on any atom is -0.122 e. The third-order valence-electron chi connectivity index (χ3n) is 2.66. The van der Waals surface area contributed by atoms with Gasteiger partial charge in [-0.25, -0.2) is 0 Å². The van der Waals surface area contributed by atoms with E-state index in [0.29, 0.717) is 15.4 Å². The van der Waals surface area contributed by atoms with Crippen LogP contribution < -0.4 is 10.4 Å². The lowest BCUT2D eigenvalue weighted by Crippen LogP contribution is -2.29. The Labute approximate surface area is 110 Å². The lowest BCUT2D eigenvalue weighted by Gasteiger charge is -2.07. The molecule has 2 radical (unpaired) electrons. The summed E-state index contributed by atoms with van der Waals surface area (Å²) >= 11 is 5.97. The van der Waals surface area contributed by atoms with E-state index in [1.807, 2.05) is 6.07 Å². The van der Waals surface area contributed by atoms with Crippen molar-refractivity contribution < 1.29 is 0 Å². The van der Waals surface area contributed by atoms with Crippen LogP contribution in [0.3, 0.4) is 0 Å². The van der Waals surface area contributed by atoms with Crippen LogP contribution in [0.1, 0.15) is 16.7 Å². The summed E-state index contributed by atoms with van der Waals surface area (Å²) in [4.78, 5) is 0. The summed E-state index contributed by atoms with van der Waals surface area (Å²) in [6.07, 6.45) is 0. The highest BCUT2D eigenvalue weighted by Crippen LogP contribution is 2.02. The second kappa shape index (κ2) is 5.52. The topological polar surface area (TPSA) is 0 Å². The number of hydrogen-bond acceptors (Lipinski definition) is 0. The Kier molecular flexibility index (Phi) is 4.03. The van der Waals surface area contributed by atoms with E-state index in [2.05, 4.69) is 50.2 Å². The van der Waals surface area contributed by atoms with Gasteiger partial charge in [0.15, 0.2) is 0 Å². The lowest BCUT2D eigenvalue weighted by atomic mass is 10.2. The molecule has 0 heterocycles. The number of hydrogen-bond donors (Lipinski definition) is 0. The van der Waals surface area contributed by atoms with E-state index in [1.165, 1.54) is 27.1 Å². The predicted octanol–water partition coefficient (Wildman–Crippen LogP) is 2.70. The number of alkyl halides is 1. The molecular weight excluding hydrogens is 244 g/mol. The van der Waals surface area contributed by atoms with E-state index in [-0.39, 0.29) is 0 Å². The normalized spacial score (nSPS) is 10.5. The molecule has 0 saturated carbocycles. The van der Waals surface area contributed by atoms with Crippen molar-refractivity contribution in [1.29, 1.82) is 0 Å². The molecular formula is C15H15ClSi. The Hall–Kier alpha value is -1.05. The van der Waals surface area contributed by atoms with Crippen LogP contribution in [0.4, 0.5) is 0 Å². The number of benzene rings is 2. The Morgan fingerprint density at radius 2 is 1.65 bits per heavy atom. The molecule has 0 bridgehead atoms. The second-order valence-corrected chi connectivity index (χ2v) is 5.93. The Balaban J connectivity index is 2.31. The molecule has 0 amide bonds. The Morgan fingerprint density at radius 1 is 1.00 bits per heavy atom. The van der Waals surface area contributed by atoms with Gasteiger partial charge in [0.1, 0.15) is 9.52 Å². The molecule has 0 atom stereocenters. The SMILES string of the molecule is Cc1cc(C)cc([Si]c2ccccc2CCl)c1. The number of rotatable bonds is 3. The summed E-state index contributed by atoms with van der Waals surface area (Å²) in [5.74, 6) is 0.591. The van der Waals surface area contributed by atoms with Gasteiger partial charge >= 0.3 is 0 Å². The maximum atomic E-state index is 5.97. The molecule has 0 nitrogen and oxygen atoms in total. The maximum absolute atomic E-state index is 5.97.